The smallest absolute Gasteiger partial charge is 0.224 e. The second kappa shape index (κ2) is 12.2. The maximum atomic E-state index is 12.2. The molecule has 2 N–H and O–H groups in total. The van der Waals surface area contributed by atoms with Crippen molar-refractivity contribution in [2.45, 2.75) is 25.7 Å². The number of aryl methyl sites for hydroxylation is 2. The Bertz CT molecular complexity index is 1120. The van der Waals surface area contributed by atoms with Crippen LogP contribution in [-0.4, -0.2) is 11.8 Å². The summed E-state index contributed by atoms with van der Waals surface area (Å²) in [4.78, 5) is 24.4. The van der Waals surface area contributed by atoms with E-state index in [0.717, 1.165) is 22.5 Å². The molecule has 0 aliphatic carbocycles. The molecule has 4 rings (SSSR count). The standard InChI is InChI=1S/C30H28N2O3/c33-29(21-11-23-7-3-1-4-8-23)31-25-13-17-27(18-14-25)35-28-19-15-26(16-20-28)32-30(34)22-12-24-9-5-2-6-10-24/h1-10,13-20H,11-12,21-22H2,(H,31,33)(H,32,34). The van der Waals surface area contributed by atoms with E-state index in [4.69, 9.17) is 4.74 Å². The van der Waals surface area contributed by atoms with Gasteiger partial charge >= 0.3 is 0 Å². The molecule has 0 unspecified atom stereocenters. The second-order valence-corrected chi connectivity index (χ2v) is 8.22. The fourth-order valence-electron chi connectivity index (χ4n) is 3.60. The van der Waals surface area contributed by atoms with Crippen molar-refractivity contribution >= 4 is 23.2 Å². The first-order valence-corrected chi connectivity index (χ1v) is 11.7. The van der Waals surface area contributed by atoms with Crippen molar-refractivity contribution in [1.82, 2.24) is 0 Å². The lowest BCUT2D eigenvalue weighted by Gasteiger charge is -2.10. The van der Waals surface area contributed by atoms with Gasteiger partial charge in [0.15, 0.2) is 0 Å². The van der Waals surface area contributed by atoms with Crippen molar-refractivity contribution in [3.63, 3.8) is 0 Å². The fraction of sp³-hybridized carbons (Fsp3) is 0.133. The molecule has 0 atom stereocenters. The van der Waals surface area contributed by atoms with Gasteiger partial charge in [-0.25, -0.2) is 0 Å². The molecule has 0 heterocycles. The summed E-state index contributed by atoms with van der Waals surface area (Å²) in [6, 6.07) is 34.4. The molecule has 35 heavy (non-hydrogen) atoms. The van der Waals surface area contributed by atoms with Crippen LogP contribution in [0.1, 0.15) is 24.0 Å². The van der Waals surface area contributed by atoms with Crippen LogP contribution in [0.25, 0.3) is 0 Å². The molecule has 5 nitrogen and oxygen atoms in total. The third-order valence-corrected chi connectivity index (χ3v) is 5.48. The summed E-state index contributed by atoms with van der Waals surface area (Å²) in [5.41, 5.74) is 3.74. The molecule has 0 saturated carbocycles. The monoisotopic (exact) mass is 464 g/mol. The number of nitrogens with one attached hydrogen (secondary N) is 2. The highest BCUT2D eigenvalue weighted by Gasteiger charge is 2.06. The molecule has 176 valence electrons. The SMILES string of the molecule is O=C(CCc1ccccc1)Nc1ccc(Oc2ccc(NC(=O)CCc3ccccc3)cc2)cc1. The van der Waals surface area contributed by atoms with Crippen molar-refractivity contribution < 1.29 is 14.3 Å². The van der Waals surface area contributed by atoms with Gasteiger partial charge in [-0.15, -0.1) is 0 Å². The predicted octanol–water partition coefficient (Wildman–Crippen LogP) is 6.62. The Morgan fingerprint density at radius 3 is 1.26 bits per heavy atom. The molecular weight excluding hydrogens is 436 g/mol. The third-order valence-electron chi connectivity index (χ3n) is 5.48. The largest absolute Gasteiger partial charge is 0.457 e. The van der Waals surface area contributed by atoms with Crippen LogP contribution in [0.4, 0.5) is 11.4 Å². The molecule has 0 aliphatic rings. The summed E-state index contributed by atoms with van der Waals surface area (Å²) in [6.45, 7) is 0. The molecule has 4 aromatic carbocycles. The second-order valence-electron chi connectivity index (χ2n) is 8.22. The number of hydrogen-bond donors (Lipinski definition) is 2. The number of anilines is 2. The zero-order valence-corrected chi connectivity index (χ0v) is 19.4. The lowest BCUT2D eigenvalue weighted by atomic mass is 10.1. The first kappa shape index (κ1) is 23.8. The first-order chi connectivity index (χ1) is 17.1. The van der Waals surface area contributed by atoms with E-state index in [-0.39, 0.29) is 11.8 Å². The predicted molar refractivity (Wildman–Crippen MR) is 140 cm³/mol. The van der Waals surface area contributed by atoms with Crippen molar-refractivity contribution in [2.24, 2.45) is 0 Å². The number of rotatable bonds is 10. The van der Waals surface area contributed by atoms with Crippen molar-refractivity contribution in [3.05, 3.63) is 120 Å². The van der Waals surface area contributed by atoms with E-state index in [1.807, 2.05) is 109 Å². The summed E-state index contributed by atoms with van der Waals surface area (Å²) >= 11 is 0. The normalized spacial score (nSPS) is 10.4. The van der Waals surface area contributed by atoms with Crippen molar-refractivity contribution in [1.29, 1.82) is 0 Å². The molecule has 0 radical (unpaired) electrons. The summed E-state index contributed by atoms with van der Waals surface area (Å²) in [6.07, 6.45) is 2.27. The van der Waals surface area contributed by atoms with Crippen LogP contribution in [0.2, 0.25) is 0 Å². The number of benzene rings is 4. The van der Waals surface area contributed by atoms with Crippen LogP contribution in [0, 0.1) is 0 Å². The number of carbonyl (C=O) groups excluding carboxylic acids is 2. The van der Waals surface area contributed by atoms with Gasteiger partial charge in [0.25, 0.3) is 0 Å². The summed E-state index contributed by atoms with van der Waals surface area (Å²) < 4.78 is 5.88. The average Bonchev–Trinajstić information content (AvgIpc) is 2.90. The highest BCUT2D eigenvalue weighted by atomic mass is 16.5. The van der Waals surface area contributed by atoms with Gasteiger partial charge in [0.2, 0.25) is 11.8 Å². The third kappa shape index (κ3) is 7.86. The van der Waals surface area contributed by atoms with Crippen LogP contribution >= 0.6 is 0 Å². The Kier molecular flexibility index (Phi) is 8.28. The number of carbonyl (C=O) groups is 2. The minimum Gasteiger partial charge on any atom is -0.457 e. The molecule has 5 heteroatoms. The Morgan fingerprint density at radius 1 is 0.514 bits per heavy atom. The molecule has 0 aromatic heterocycles. The molecule has 0 bridgehead atoms. The van der Waals surface area contributed by atoms with Crippen LogP contribution in [0.5, 0.6) is 11.5 Å². The van der Waals surface area contributed by atoms with Gasteiger partial charge in [-0.2, -0.15) is 0 Å². The van der Waals surface area contributed by atoms with Crippen LogP contribution in [0.15, 0.2) is 109 Å². The van der Waals surface area contributed by atoms with Crippen molar-refractivity contribution in [3.8, 4) is 11.5 Å². The zero-order valence-electron chi connectivity index (χ0n) is 19.4. The molecule has 0 spiro atoms. The Balaban J connectivity index is 1.21. The molecule has 0 saturated heterocycles. The van der Waals surface area contributed by atoms with E-state index in [1.54, 1.807) is 0 Å². The van der Waals surface area contributed by atoms with Gasteiger partial charge in [-0.3, -0.25) is 9.59 Å². The number of ether oxygens (including phenoxy) is 1. The molecule has 0 aliphatic heterocycles. The van der Waals surface area contributed by atoms with E-state index in [9.17, 15) is 9.59 Å². The minimum atomic E-state index is -0.0241. The number of amides is 2. The molecule has 2 amide bonds. The van der Waals surface area contributed by atoms with Gasteiger partial charge < -0.3 is 15.4 Å². The summed E-state index contributed by atoms with van der Waals surface area (Å²) in [5, 5.41) is 5.83. The van der Waals surface area contributed by atoms with E-state index >= 15 is 0 Å². The Labute approximate surface area is 205 Å². The van der Waals surface area contributed by atoms with Crippen molar-refractivity contribution in [2.75, 3.05) is 10.6 Å². The Morgan fingerprint density at radius 2 is 0.886 bits per heavy atom. The van der Waals surface area contributed by atoms with Gasteiger partial charge in [0, 0.05) is 24.2 Å². The quantitative estimate of drug-likeness (QED) is 0.277. The molecule has 4 aromatic rings. The minimum absolute atomic E-state index is 0.0241. The number of hydrogen-bond acceptors (Lipinski definition) is 3. The van der Waals surface area contributed by atoms with Gasteiger partial charge in [-0.1, -0.05) is 60.7 Å². The fourth-order valence-corrected chi connectivity index (χ4v) is 3.60. The van der Waals surface area contributed by atoms with E-state index in [1.165, 1.54) is 0 Å². The van der Waals surface area contributed by atoms with Gasteiger partial charge in [0.05, 0.1) is 0 Å². The highest BCUT2D eigenvalue weighted by Crippen LogP contribution is 2.24. The van der Waals surface area contributed by atoms with E-state index < -0.39 is 0 Å². The van der Waals surface area contributed by atoms with E-state index in [0.29, 0.717) is 37.2 Å². The van der Waals surface area contributed by atoms with Gasteiger partial charge in [-0.05, 0) is 72.5 Å². The van der Waals surface area contributed by atoms with Crippen LogP contribution in [-0.2, 0) is 22.4 Å². The average molecular weight is 465 g/mol. The van der Waals surface area contributed by atoms with Crippen LogP contribution < -0.4 is 15.4 Å². The highest BCUT2D eigenvalue weighted by molar-refractivity contribution is 5.91. The molecular formula is C30H28N2O3. The first-order valence-electron chi connectivity index (χ1n) is 11.7. The maximum absolute atomic E-state index is 12.2. The maximum Gasteiger partial charge on any atom is 0.224 e. The summed E-state index contributed by atoms with van der Waals surface area (Å²) in [5.74, 6) is 1.27. The van der Waals surface area contributed by atoms with Gasteiger partial charge in [0.1, 0.15) is 11.5 Å². The van der Waals surface area contributed by atoms with Crippen LogP contribution in [0.3, 0.4) is 0 Å². The lowest BCUT2D eigenvalue weighted by Crippen LogP contribution is -2.12. The Hall–Kier alpha value is -4.38. The van der Waals surface area contributed by atoms with E-state index in [2.05, 4.69) is 10.6 Å². The topological polar surface area (TPSA) is 67.4 Å². The lowest BCUT2D eigenvalue weighted by molar-refractivity contribution is -0.117. The summed E-state index contributed by atoms with van der Waals surface area (Å²) in [7, 11) is 0. The molecule has 0 fully saturated rings. The zero-order chi connectivity index (χ0) is 24.3.